The Hall–Kier alpha value is -0.210. The van der Waals surface area contributed by atoms with Crippen molar-refractivity contribution >= 4 is 10.4 Å². The van der Waals surface area contributed by atoms with Gasteiger partial charge < -0.3 is 4.74 Å². The van der Waals surface area contributed by atoms with Crippen molar-refractivity contribution in [3.63, 3.8) is 0 Å². The molecule has 0 aliphatic rings. The second kappa shape index (κ2) is 13.5. The van der Waals surface area contributed by atoms with Gasteiger partial charge in [0.15, 0.2) is 0 Å². The van der Waals surface area contributed by atoms with Crippen LogP contribution in [0.2, 0.25) is 0 Å². The highest BCUT2D eigenvalue weighted by Crippen LogP contribution is 2.13. The lowest BCUT2D eigenvalue weighted by atomic mass is 10.1. The third-order valence-corrected chi connectivity index (χ3v) is 3.51. The van der Waals surface area contributed by atoms with Crippen LogP contribution in [-0.4, -0.2) is 32.3 Å². The molecule has 0 aromatic carbocycles. The number of hydrogen-bond acceptors (Lipinski definition) is 5. The van der Waals surface area contributed by atoms with Crippen molar-refractivity contribution in [1.82, 2.24) is 0 Å². The Balaban J connectivity index is 3.45. The van der Waals surface area contributed by atoms with Gasteiger partial charge in [0.05, 0.1) is 12.7 Å². The average molecular weight is 326 g/mol. The van der Waals surface area contributed by atoms with Gasteiger partial charge in [0.2, 0.25) is 0 Å². The molecular formula is C14H30O6S. The quantitative estimate of drug-likeness (QED) is 0.214. The maximum atomic E-state index is 10.2. The molecule has 6 nitrogen and oxygen atoms in total. The summed E-state index contributed by atoms with van der Waals surface area (Å²) in [4.78, 5) is 4.31. The maximum Gasteiger partial charge on any atom is 0.424 e. The van der Waals surface area contributed by atoms with Crippen molar-refractivity contribution in [1.29, 1.82) is 0 Å². The van der Waals surface area contributed by atoms with Crippen LogP contribution in [0.1, 0.15) is 71.6 Å². The Morgan fingerprint density at radius 2 is 1.57 bits per heavy atom. The maximum absolute atomic E-state index is 10.2. The van der Waals surface area contributed by atoms with Gasteiger partial charge in [-0.25, -0.2) is 4.89 Å². The van der Waals surface area contributed by atoms with Crippen molar-refractivity contribution in [2.75, 3.05) is 13.2 Å². The van der Waals surface area contributed by atoms with Crippen molar-refractivity contribution in [2.24, 2.45) is 0 Å². The van der Waals surface area contributed by atoms with Gasteiger partial charge in [0, 0.05) is 0 Å². The van der Waals surface area contributed by atoms with E-state index in [1.165, 1.54) is 38.5 Å². The molecule has 21 heavy (non-hydrogen) atoms. The van der Waals surface area contributed by atoms with Crippen LogP contribution in [0.4, 0.5) is 0 Å². The first-order valence-corrected chi connectivity index (χ1v) is 9.26. The zero-order valence-corrected chi connectivity index (χ0v) is 14.1. The highest BCUT2D eigenvalue weighted by molar-refractivity contribution is 7.80. The Bertz CT molecular complexity index is 317. The zero-order chi connectivity index (χ0) is 16.0. The molecule has 128 valence electrons. The van der Waals surface area contributed by atoms with E-state index in [0.29, 0.717) is 0 Å². The molecule has 0 aromatic rings. The minimum absolute atomic E-state index is 0.0344. The van der Waals surface area contributed by atoms with Crippen LogP contribution in [0.3, 0.4) is 0 Å². The molecule has 0 radical (unpaired) electrons. The van der Waals surface area contributed by atoms with Crippen molar-refractivity contribution in [3.8, 4) is 0 Å². The summed E-state index contributed by atoms with van der Waals surface area (Å²) in [5, 5.41) is 0. The molecule has 7 heteroatoms. The molecule has 0 saturated heterocycles. The van der Waals surface area contributed by atoms with Gasteiger partial charge in [-0.05, 0) is 12.8 Å². The molecule has 1 atom stereocenters. The van der Waals surface area contributed by atoms with Gasteiger partial charge in [-0.1, -0.05) is 63.1 Å². The van der Waals surface area contributed by atoms with E-state index < -0.39 is 10.4 Å². The fourth-order valence-electron chi connectivity index (χ4n) is 2.08. The van der Waals surface area contributed by atoms with E-state index in [4.69, 9.17) is 9.29 Å². The summed E-state index contributed by atoms with van der Waals surface area (Å²) in [6.45, 7) is 4.48. The second-order valence-corrected chi connectivity index (χ2v) is 6.12. The van der Waals surface area contributed by atoms with Gasteiger partial charge in [-0.3, -0.25) is 4.55 Å². The highest BCUT2D eigenvalue weighted by Gasteiger charge is 2.08. The van der Waals surface area contributed by atoms with E-state index in [1.807, 2.05) is 0 Å². The molecule has 0 amide bonds. The van der Waals surface area contributed by atoms with Crippen LogP contribution in [0, 0.1) is 0 Å². The summed E-state index contributed by atoms with van der Waals surface area (Å²) in [5.41, 5.74) is 0. The number of ether oxygens (including phenoxy) is 1. The Morgan fingerprint density at radius 3 is 2.14 bits per heavy atom. The van der Waals surface area contributed by atoms with Crippen molar-refractivity contribution in [2.45, 2.75) is 77.7 Å². The van der Waals surface area contributed by atoms with E-state index in [0.717, 1.165) is 19.3 Å². The average Bonchev–Trinajstić information content (AvgIpc) is 2.42. The van der Waals surface area contributed by atoms with E-state index in [-0.39, 0.29) is 19.3 Å². The van der Waals surface area contributed by atoms with Gasteiger partial charge >= 0.3 is 10.4 Å². The van der Waals surface area contributed by atoms with Crippen LogP contribution >= 0.6 is 0 Å². The summed E-state index contributed by atoms with van der Waals surface area (Å²) in [7, 11) is -4.54. The fourth-order valence-corrected chi connectivity index (χ4v) is 2.27. The molecule has 0 aliphatic heterocycles. The second-order valence-electron chi connectivity index (χ2n) is 5.13. The molecule has 0 heterocycles. The van der Waals surface area contributed by atoms with Gasteiger partial charge in [-0.15, -0.1) is 0 Å². The number of hydrogen-bond donors (Lipinski definition) is 1. The topological polar surface area (TPSA) is 82.1 Å². The van der Waals surface area contributed by atoms with Gasteiger partial charge in [-0.2, -0.15) is 8.42 Å². The monoisotopic (exact) mass is 326 g/mol. The Labute approximate surface area is 129 Å². The summed E-state index contributed by atoms with van der Waals surface area (Å²) >= 11 is 0. The Kier molecular flexibility index (Phi) is 13.3. The summed E-state index contributed by atoms with van der Waals surface area (Å²) < 4.78 is 38.0. The summed E-state index contributed by atoms with van der Waals surface area (Å²) in [5.74, 6) is 0. The third-order valence-electron chi connectivity index (χ3n) is 3.24. The van der Waals surface area contributed by atoms with Gasteiger partial charge in [0.25, 0.3) is 0 Å². The predicted molar refractivity (Wildman–Crippen MR) is 81.2 cm³/mol. The lowest BCUT2D eigenvalue weighted by Crippen LogP contribution is -2.16. The fraction of sp³-hybridized carbons (Fsp3) is 1.00. The summed E-state index contributed by atoms with van der Waals surface area (Å²) in [6.07, 6.45) is 11.0. The molecule has 0 bridgehead atoms. The van der Waals surface area contributed by atoms with Crippen LogP contribution < -0.4 is 0 Å². The van der Waals surface area contributed by atoms with Crippen molar-refractivity contribution < 1.29 is 26.9 Å². The number of rotatable bonds is 15. The summed E-state index contributed by atoms with van der Waals surface area (Å²) in [6, 6.07) is 0. The molecular weight excluding hydrogens is 296 g/mol. The molecule has 1 unspecified atom stereocenters. The predicted octanol–water partition coefficient (Wildman–Crippen LogP) is 3.67. The van der Waals surface area contributed by atoms with Crippen LogP contribution in [-0.2, 0) is 24.4 Å². The van der Waals surface area contributed by atoms with E-state index >= 15 is 0 Å². The lowest BCUT2D eigenvalue weighted by Gasteiger charge is -2.15. The first-order chi connectivity index (χ1) is 9.99. The molecule has 0 aromatic heterocycles. The molecule has 0 aliphatic carbocycles. The van der Waals surface area contributed by atoms with Crippen molar-refractivity contribution in [3.05, 3.63) is 0 Å². The molecule has 0 fully saturated rings. The standard InChI is InChI=1S/C14H30O6S/c1-3-5-6-7-8-9-10-11-14(4-2)18-12-13-19-20-21(15,16)17/h14H,3-13H2,1-2H3,(H,15,16,17). The first kappa shape index (κ1) is 20.8. The number of unbranched alkanes of at least 4 members (excludes halogenated alkanes) is 6. The lowest BCUT2D eigenvalue weighted by molar-refractivity contribution is -0.218. The molecule has 0 spiro atoms. The van der Waals surface area contributed by atoms with E-state index in [2.05, 4.69) is 23.1 Å². The van der Waals surface area contributed by atoms with Crippen LogP contribution in [0.5, 0.6) is 0 Å². The molecule has 0 rings (SSSR count). The first-order valence-electron chi connectivity index (χ1n) is 7.89. The smallest absolute Gasteiger partial charge is 0.376 e. The minimum Gasteiger partial charge on any atom is -0.376 e. The highest BCUT2D eigenvalue weighted by atomic mass is 32.3. The van der Waals surface area contributed by atoms with Crippen LogP contribution in [0.25, 0.3) is 0 Å². The normalized spacial score (nSPS) is 13.5. The van der Waals surface area contributed by atoms with Crippen LogP contribution in [0.15, 0.2) is 0 Å². The largest absolute Gasteiger partial charge is 0.424 e. The Morgan fingerprint density at radius 1 is 0.952 bits per heavy atom. The zero-order valence-electron chi connectivity index (χ0n) is 13.3. The van der Waals surface area contributed by atoms with E-state index in [9.17, 15) is 8.42 Å². The molecule has 0 saturated carbocycles. The third kappa shape index (κ3) is 16.0. The molecule has 1 N–H and O–H groups in total. The minimum atomic E-state index is -4.54. The SMILES string of the molecule is CCCCCCCCCC(CC)OCCOOS(=O)(=O)O. The van der Waals surface area contributed by atoms with Gasteiger partial charge in [0.1, 0.15) is 6.61 Å². The van der Waals surface area contributed by atoms with E-state index in [1.54, 1.807) is 0 Å².